The molecule has 0 radical (unpaired) electrons. The Morgan fingerprint density at radius 1 is 1.28 bits per heavy atom. The number of hydrogen-bond donors (Lipinski definition) is 3. The van der Waals surface area contributed by atoms with Gasteiger partial charge < -0.3 is 20.6 Å². The van der Waals surface area contributed by atoms with Crippen LogP contribution in [0.5, 0.6) is 0 Å². The van der Waals surface area contributed by atoms with Gasteiger partial charge in [0.25, 0.3) is 5.91 Å². The molecule has 0 aromatic carbocycles. The molecule has 0 bridgehead atoms. The van der Waals surface area contributed by atoms with E-state index in [0.717, 1.165) is 36.3 Å². The molecule has 2 aromatic rings. The number of aliphatic hydroxyl groups is 1. The maximum absolute atomic E-state index is 12.5. The molecule has 1 aliphatic carbocycles. The molecule has 1 fully saturated rings. The lowest BCUT2D eigenvalue weighted by Crippen LogP contribution is -2.37. The number of nitrogens with zero attached hydrogens (tertiary/aromatic N) is 6. The number of carbonyl (C=O) groups excluding carboxylic acids is 1. The number of β-amino-alcohol motifs (C(OH)–C–C–N with tert-alkyl or cyclic N) is 1. The molecule has 10 heteroatoms. The Kier molecular flexibility index (Phi) is 3.96. The first-order chi connectivity index (χ1) is 12.1. The van der Waals surface area contributed by atoms with Crippen LogP contribution in [0, 0.1) is 0 Å². The van der Waals surface area contributed by atoms with Crippen molar-refractivity contribution in [2.24, 2.45) is 0 Å². The van der Waals surface area contributed by atoms with Gasteiger partial charge in [-0.25, -0.2) is 4.98 Å². The molecule has 10 nitrogen and oxygen atoms in total. The van der Waals surface area contributed by atoms with Gasteiger partial charge in [-0.05, 0) is 19.3 Å². The number of nitrogens with two attached hydrogens (primary N) is 1. The topological polar surface area (TPSA) is 137 Å². The van der Waals surface area contributed by atoms with Crippen molar-refractivity contribution in [3.8, 4) is 0 Å². The molecular formula is C15H20N8O2. The number of aromatic nitrogens is 5. The Bertz CT molecular complexity index is 778. The highest BCUT2D eigenvalue weighted by atomic mass is 16.3. The normalized spacial score (nSPS) is 20.4. The number of carbonyl (C=O) groups is 1. The summed E-state index contributed by atoms with van der Waals surface area (Å²) in [5, 5.41) is 20.3. The monoisotopic (exact) mass is 344 g/mol. The Morgan fingerprint density at radius 3 is 2.96 bits per heavy atom. The van der Waals surface area contributed by atoms with Gasteiger partial charge in [0.1, 0.15) is 5.82 Å². The van der Waals surface area contributed by atoms with Crippen molar-refractivity contribution in [3.05, 3.63) is 23.1 Å². The van der Waals surface area contributed by atoms with Gasteiger partial charge in [-0.3, -0.25) is 4.79 Å². The third-order valence-electron chi connectivity index (χ3n) is 4.65. The number of nitrogen functional groups attached to an aromatic ring is 1. The quantitative estimate of drug-likeness (QED) is 0.630. The maximum Gasteiger partial charge on any atom is 0.276 e. The van der Waals surface area contributed by atoms with Crippen LogP contribution in [-0.4, -0.2) is 73.6 Å². The van der Waals surface area contributed by atoms with E-state index >= 15 is 0 Å². The van der Waals surface area contributed by atoms with Crippen LogP contribution < -0.4 is 10.6 Å². The molecule has 0 saturated carbocycles. The van der Waals surface area contributed by atoms with Gasteiger partial charge >= 0.3 is 0 Å². The van der Waals surface area contributed by atoms with Crippen LogP contribution >= 0.6 is 0 Å². The second-order valence-corrected chi connectivity index (χ2v) is 6.39. The zero-order valence-electron chi connectivity index (χ0n) is 13.7. The SMILES string of the molecule is Nc1nc2c(c(N3CCN(C(=O)c4cn[nH]n4)C[C@@H](O)C3)n1)CCC2. The molecule has 1 saturated heterocycles. The molecule has 2 aliphatic rings. The van der Waals surface area contributed by atoms with Crippen molar-refractivity contribution in [2.75, 3.05) is 36.8 Å². The van der Waals surface area contributed by atoms with Crippen molar-refractivity contribution in [2.45, 2.75) is 25.4 Å². The summed E-state index contributed by atoms with van der Waals surface area (Å²) in [5.41, 5.74) is 8.21. The van der Waals surface area contributed by atoms with E-state index in [1.807, 2.05) is 4.90 Å². The molecule has 4 rings (SSSR count). The van der Waals surface area contributed by atoms with Gasteiger partial charge in [-0.1, -0.05) is 0 Å². The summed E-state index contributed by atoms with van der Waals surface area (Å²) in [6.07, 6.45) is 3.55. The van der Waals surface area contributed by atoms with Crippen molar-refractivity contribution in [3.63, 3.8) is 0 Å². The Balaban J connectivity index is 1.57. The first kappa shape index (κ1) is 15.8. The predicted octanol–water partition coefficient (Wildman–Crippen LogP) is -1.01. The van der Waals surface area contributed by atoms with E-state index in [2.05, 4.69) is 25.4 Å². The smallest absolute Gasteiger partial charge is 0.276 e. The molecule has 4 N–H and O–H groups in total. The fourth-order valence-electron chi connectivity index (χ4n) is 3.53. The summed E-state index contributed by atoms with van der Waals surface area (Å²) >= 11 is 0. The Morgan fingerprint density at radius 2 is 2.16 bits per heavy atom. The minimum absolute atomic E-state index is 0.241. The van der Waals surface area contributed by atoms with Crippen molar-refractivity contribution in [1.29, 1.82) is 0 Å². The minimum atomic E-state index is -0.688. The molecule has 1 amide bonds. The van der Waals surface area contributed by atoms with Crippen molar-refractivity contribution in [1.82, 2.24) is 30.3 Å². The molecular weight excluding hydrogens is 324 g/mol. The summed E-state index contributed by atoms with van der Waals surface area (Å²) in [4.78, 5) is 24.8. The average molecular weight is 344 g/mol. The van der Waals surface area contributed by atoms with Gasteiger partial charge in [0.2, 0.25) is 5.95 Å². The second kappa shape index (κ2) is 6.28. The van der Waals surface area contributed by atoms with E-state index in [1.165, 1.54) is 6.20 Å². The number of fused-ring (bicyclic) bond motifs is 1. The lowest BCUT2D eigenvalue weighted by atomic mass is 10.2. The maximum atomic E-state index is 12.5. The number of anilines is 2. The van der Waals surface area contributed by atoms with Gasteiger partial charge in [0.15, 0.2) is 5.69 Å². The molecule has 3 heterocycles. The molecule has 25 heavy (non-hydrogen) atoms. The number of aryl methyl sites for hydroxylation is 1. The first-order valence-corrected chi connectivity index (χ1v) is 8.35. The predicted molar refractivity (Wildman–Crippen MR) is 89.0 cm³/mol. The summed E-state index contributed by atoms with van der Waals surface area (Å²) in [6.45, 7) is 1.65. The number of H-pyrrole nitrogens is 1. The molecule has 1 atom stereocenters. The van der Waals surface area contributed by atoms with Gasteiger partial charge in [-0.15, -0.1) is 0 Å². The summed E-state index contributed by atoms with van der Waals surface area (Å²) < 4.78 is 0. The zero-order valence-corrected chi connectivity index (χ0v) is 13.7. The molecule has 2 aromatic heterocycles. The number of aliphatic hydroxyl groups excluding tert-OH is 1. The van der Waals surface area contributed by atoms with Crippen LogP contribution in [0.4, 0.5) is 11.8 Å². The first-order valence-electron chi connectivity index (χ1n) is 8.35. The fourth-order valence-corrected chi connectivity index (χ4v) is 3.53. The number of amides is 1. The van der Waals surface area contributed by atoms with Gasteiger partial charge in [0.05, 0.1) is 18.0 Å². The van der Waals surface area contributed by atoms with Crippen LogP contribution in [0.15, 0.2) is 6.20 Å². The molecule has 0 unspecified atom stereocenters. The van der Waals surface area contributed by atoms with Gasteiger partial charge in [0, 0.05) is 31.7 Å². The molecule has 132 valence electrons. The number of hydrogen-bond acceptors (Lipinski definition) is 8. The van der Waals surface area contributed by atoms with Crippen LogP contribution in [0.25, 0.3) is 0 Å². The summed E-state index contributed by atoms with van der Waals surface area (Å²) in [7, 11) is 0. The Hall–Kier alpha value is -2.75. The summed E-state index contributed by atoms with van der Waals surface area (Å²) in [6, 6.07) is 0. The van der Waals surface area contributed by atoms with E-state index in [9.17, 15) is 9.90 Å². The highest BCUT2D eigenvalue weighted by Gasteiger charge is 2.29. The highest BCUT2D eigenvalue weighted by Crippen LogP contribution is 2.30. The number of rotatable bonds is 2. The van der Waals surface area contributed by atoms with E-state index in [4.69, 9.17) is 5.73 Å². The lowest BCUT2D eigenvalue weighted by Gasteiger charge is -2.25. The van der Waals surface area contributed by atoms with Crippen molar-refractivity contribution >= 4 is 17.7 Å². The fraction of sp³-hybridized carbons (Fsp3) is 0.533. The van der Waals surface area contributed by atoms with E-state index in [0.29, 0.717) is 19.6 Å². The van der Waals surface area contributed by atoms with Crippen LogP contribution in [0.1, 0.15) is 28.2 Å². The molecule has 0 spiro atoms. The minimum Gasteiger partial charge on any atom is -0.389 e. The number of nitrogens with one attached hydrogen (secondary N) is 1. The standard InChI is InChI=1S/C15H20N8O2/c16-15-18-11-3-1-2-10(11)13(19-15)22-4-5-23(8-9(24)7-22)14(25)12-6-17-21-20-12/h6,9,24H,1-5,7-8H2,(H2,16,18,19)(H,17,20,21)/t9-/m0/s1. The lowest BCUT2D eigenvalue weighted by molar-refractivity contribution is 0.0668. The zero-order chi connectivity index (χ0) is 17.4. The largest absolute Gasteiger partial charge is 0.389 e. The van der Waals surface area contributed by atoms with Crippen LogP contribution in [0.2, 0.25) is 0 Å². The summed E-state index contributed by atoms with van der Waals surface area (Å²) in [5.74, 6) is 0.793. The van der Waals surface area contributed by atoms with Crippen molar-refractivity contribution < 1.29 is 9.90 Å². The Labute approximate surface area is 144 Å². The number of aromatic amines is 1. The highest BCUT2D eigenvalue weighted by molar-refractivity contribution is 5.92. The van der Waals surface area contributed by atoms with E-state index in [-0.39, 0.29) is 24.1 Å². The third kappa shape index (κ3) is 3.00. The van der Waals surface area contributed by atoms with E-state index < -0.39 is 6.10 Å². The van der Waals surface area contributed by atoms with Gasteiger partial charge in [-0.2, -0.15) is 20.4 Å². The second-order valence-electron chi connectivity index (χ2n) is 6.39. The van der Waals surface area contributed by atoms with Crippen LogP contribution in [0.3, 0.4) is 0 Å². The molecule has 1 aliphatic heterocycles. The van der Waals surface area contributed by atoms with E-state index in [1.54, 1.807) is 4.90 Å². The average Bonchev–Trinajstić information content (AvgIpc) is 3.23. The third-order valence-corrected chi connectivity index (χ3v) is 4.65. The van der Waals surface area contributed by atoms with Crippen LogP contribution in [-0.2, 0) is 12.8 Å².